The smallest absolute Gasteiger partial charge is 0.127 e. The fourth-order valence-electron chi connectivity index (χ4n) is 2.33. The van der Waals surface area contributed by atoms with Crippen LogP contribution in [0.5, 0.6) is 0 Å². The van der Waals surface area contributed by atoms with Crippen LogP contribution < -0.4 is 0 Å². The number of aromatic nitrogens is 2. The van der Waals surface area contributed by atoms with E-state index in [0.29, 0.717) is 4.64 Å². The van der Waals surface area contributed by atoms with Crippen molar-refractivity contribution >= 4 is 23.0 Å². The Balaban J connectivity index is 2.41. The van der Waals surface area contributed by atoms with E-state index in [1.807, 2.05) is 18.2 Å². The molecule has 2 aromatic carbocycles. The minimum Gasteiger partial charge on any atom is -0.267 e. The molecule has 0 spiro atoms. The number of hydrogen-bond acceptors (Lipinski definition) is 2. The molecule has 94 valence electrons. The third-order valence-electron chi connectivity index (χ3n) is 3.56. The van der Waals surface area contributed by atoms with E-state index in [2.05, 4.69) is 48.3 Å². The predicted octanol–water partition coefficient (Wildman–Crippen LogP) is 4.58. The summed E-state index contributed by atoms with van der Waals surface area (Å²) in [6.45, 7) is 4.24. The van der Waals surface area contributed by atoms with Crippen LogP contribution in [0.15, 0.2) is 42.5 Å². The summed E-state index contributed by atoms with van der Waals surface area (Å²) in [6, 6.07) is 14.4. The van der Waals surface area contributed by atoms with E-state index in [-0.39, 0.29) is 0 Å². The van der Waals surface area contributed by atoms with Gasteiger partial charge in [0.25, 0.3) is 0 Å². The average molecular weight is 266 g/mol. The van der Waals surface area contributed by atoms with Gasteiger partial charge in [-0.2, -0.15) is 5.10 Å². The molecule has 0 radical (unpaired) electrons. The second-order valence-electron chi connectivity index (χ2n) is 4.69. The molecule has 1 N–H and O–H groups in total. The maximum Gasteiger partial charge on any atom is 0.127 e. The molecule has 3 rings (SSSR count). The topological polar surface area (TPSA) is 28.7 Å². The van der Waals surface area contributed by atoms with Gasteiger partial charge in [0.1, 0.15) is 4.64 Å². The van der Waals surface area contributed by atoms with Gasteiger partial charge in [0.2, 0.25) is 0 Å². The molecule has 1 aromatic heterocycles. The molecule has 1 heterocycles. The first-order valence-corrected chi connectivity index (χ1v) is 6.63. The van der Waals surface area contributed by atoms with Crippen LogP contribution in [-0.4, -0.2) is 10.2 Å². The molecule has 19 heavy (non-hydrogen) atoms. The third-order valence-corrected chi connectivity index (χ3v) is 3.87. The van der Waals surface area contributed by atoms with E-state index in [0.717, 1.165) is 22.0 Å². The molecule has 0 saturated carbocycles. The molecule has 0 fully saturated rings. The van der Waals surface area contributed by atoms with Gasteiger partial charge in [0, 0.05) is 16.3 Å². The van der Waals surface area contributed by atoms with Gasteiger partial charge in [0.05, 0.1) is 5.69 Å². The molecule has 0 saturated heterocycles. The number of nitrogens with zero attached hydrogens (tertiary/aromatic N) is 1. The standard InChI is InChI=1S/C16H14N2S/c1-10-6-5-9-12(11(10)2)15-13-7-3-4-8-14(13)16(19)18-17-15/h3-9H,1-2H3,(H,18,19). The molecule has 0 unspecified atom stereocenters. The zero-order valence-corrected chi connectivity index (χ0v) is 11.7. The van der Waals surface area contributed by atoms with Crippen LogP contribution in [0.1, 0.15) is 11.1 Å². The van der Waals surface area contributed by atoms with Gasteiger partial charge >= 0.3 is 0 Å². The summed E-state index contributed by atoms with van der Waals surface area (Å²) < 4.78 is 0.685. The van der Waals surface area contributed by atoms with Gasteiger partial charge < -0.3 is 0 Å². The SMILES string of the molecule is Cc1cccc(-c2n[nH]c(=S)c3ccccc23)c1C. The quantitative estimate of drug-likeness (QED) is 0.653. The highest BCUT2D eigenvalue weighted by Crippen LogP contribution is 2.29. The van der Waals surface area contributed by atoms with Gasteiger partial charge in [-0.25, -0.2) is 0 Å². The summed E-state index contributed by atoms with van der Waals surface area (Å²) in [5.41, 5.74) is 4.64. The largest absolute Gasteiger partial charge is 0.267 e. The van der Waals surface area contributed by atoms with E-state index < -0.39 is 0 Å². The molecule has 0 amide bonds. The maximum absolute atomic E-state index is 5.30. The second kappa shape index (κ2) is 4.59. The highest BCUT2D eigenvalue weighted by Gasteiger charge is 2.09. The van der Waals surface area contributed by atoms with Crippen molar-refractivity contribution in [1.29, 1.82) is 0 Å². The normalized spacial score (nSPS) is 10.8. The monoisotopic (exact) mass is 266 g/mol. The Labute approximate surface area is 117 Å². The number of nitrogens with one attached hydrogen (secondary N) is 1. The Bertz CT molecular complexity index is 818. The highest BCUT2D eigenvalue weighted by atomic mass is 32.1. The number of fused-ring (bicyclic) bond motifs is 1. The van der Waals surface area contributed by atoms with E-state index >= 15 is 0 Å². The molecule has 0 aliphatic rings. The molecule has 0 bridgehead atoms. The van der Waals surface area contributed by atoms with Crippen LogP contribution in [0.4, 0.5) is 0 Å². The Morgan fingerprint density at radius 1 is 0.947 bits per heavy atom. The van der Waals surface area contributed by atoms with Crippen LogP contribution >= 0.6 is 12.2 Å². The van der Waals surface area contributed by atoms with Crippen molar-refractivity contribution in [1.82, 2.24) is 10.2 Å². The second-order valence-corrected chi connectivity index (χ2v) is 5.10. The molecule has 3 heteroatoms. The first kappa shape index (κ1) is 12.1. The number of rotatable bonds is 1. The zero-order valence-electron chi connectivity index (χ0n) is 10.9. The number of aryl methyl sites for hydroxylation is 1. The summed E-state index contributed by atoms with van der Waals surface area (Å²) in [4.78, 5) is 0. The summed E-state index contributed by atoms with van der Waals surface area (Å²) in [5, 5.41) is 9.54. The van der Waals surface area contributed by atoms with Crippen LogP contribution in [0.2, 0.25) is 0 Å². The minimum atomic E-state index is 0.685. The van der Waals surface area contributed by atoms with Gasteiger partial charge in [0.15, 0.2) is 0 Å². The lowest BCUT2D eigenvalue weighted by Gasteiger charge is -2.10. The van der Waals surface area contributed by atoms with Gasteiger partial charge in [-0.05, 0) is 25.0 Å². The Hall–Kier alpha value is -2.00. The number of aromatic amines is 1. The van der Waals surface area contributed by atoms with Crippen molar-refractivity contribution in [2.45, 2.75) is 13.8 Å². The summed E-state index contributed by atoms with van der Waals surface area (Å²) in [7, 11) is 0. The lowest BCUT2D eigenvalue weighted by molar-refractivity contribution is 1.04. The maximum atomic E-state index is 5.30. The van der Waals surface area contributed by atoms with Gasteiger partial charge in [-0.3, -0.25) is 5.10 Å². The molecule has 0 aliphatic heterocycles. The Morgan fingerprint density at radius 3 is 2.47 bits per heavy atom. The van der Waals surface area contributed by atoms with E-state index in [9.17, 15) is 0 Å². The first-order valence-electron chi connectivity index (χ1n) is 6.22. The van der Waals surface area contributed by atoms with Gasteiger partial charge in [-0.15, -0.1) is 0 Å². The van der Waals surface area contributed by atoms with Crippen LogP contribution in [0.3, 0.4) is 0 Å². The summed E-state index contributed by atoms with van der Waals surface area (Å²) in [5.74, 6) is 0. The molecule has 0 atom stereocenters. The number of benzene rings is 2. The van der Waals surface area contributed by atoms with Crippen LogP contribution in [0, 0.1) is 18.5 Å². The Kier molecular flexibility index (Phi) is 2.91. The lowest BCUT2D eigenvalue weighted by Crippen LogP contribution is -1.94. The van der Waals surface area contributed by atoms with Crippen molar-refractivity contribution in [3.63, 3.8) is 0 Å². The molecule has 0 aliphatic carbocycles. The Morgan fingerprint density at radius 2 is 1.68 bits per heavy atom. The third kappa shape index (κ3) is 1.96. The zero-order chi connectivity index (χ0) is 13.4. The van der Waals surface area contributed by atoms with Crippen molar-refractivity contribution in [3.05, 3.63) is 58.2 Å². The van der Waals surface area contributed by atoms with E-state index in [1.165, 1.54) is 11.1 Å². The fourth-order valence-corrected chi connectivity index (χ4v) is 2.55. The van der Waals surface area contributed by atoms with E-state index in [4.69, 9.17) is 12.2 Å². The van der Waals surface area contributed by atoms with Crippen molar-refractivity contribution in [2.24, 2.45) is 0 Å². The fraction of sp³-hybridized carbons (Fsp3) is 0.125. The predicted molar refractivity (Wildman–Crippen MR) is 81.8 cm³/mol. The highest BCUT2D eigenvalue weighted by molar-refractivity contribution is 7.71. The molecule has 2 nitrogen and oxygen atoms in total. The van der Waals surface area contributed by atoms with Crippen molar-refractivity contribution in [2.75, 3.05) is 0 Å². The van der Waals surface area contributed by atoms with Crippen LogP contribution in [-0.2, 0) is 0 Å². The molecule has 3 aromatic rings. The average Bonchev–Trinajstić information content (AvgIpc) is 2.43. The van der Waals surface area contributed by atoms with E-state index in [1.54, 1.807) is 0 Å². The van der Waals surface area contributed by atoms with Crippen molar-refractivity contribution < 1.29 is 0 Å². The van der Waals surface area contributed by atoms with Crippen LogP contribution in [0.25, 0.3) is 22.0 Å². The summed E-state index contributed by atoms with van der Waals surface area (Å²) in [6.07, 6.45) is 0. The van der Waals surface area contributed by atoms with Crippen molar-refractivity contribution in [3.8, 4) is 11.3 Å². The lowest BCUT2D eigenvalue weighted by atomic mass is 9.98. The first-order chi connectivity index (χ1) is 9.18. The van der Waals surface area contributed by atoms with Gasteiger partial charge in [-0.1, -0.05) is 54.7 Å². The molecular weight excluding hydrogens is 252 g/mol. The minimum absolute atomic E-state index is 0.685. The number of hydrogen-bond donors (Lipinski definition) is 1. The molecular formula is C16H14N2S. The summed E-state index contributed by atoms with van der Waals surface area (Å²) >= 11 is 5.30. The number of H-pyrrole nitrogens is 1.